The van der Waals surface area contributed by atoms with Gasteiger partial charge in [-0.25, -0.2) is 0 Å². The zero-order valence-corrected chi connectivity index (χ0v) is 19.8. The molecule has 10 heteroatoms. The Morgan fingerprint density at radius 1 is 1.05 bits per heavy atom. The Balaban J connectivity index is 1.23. The fraction of sp³-hybridized carbons (Fsp3) is 0.185. The van der Waals surface area contributed by atoms with E-state index in [9.17, 15) is 14.9 Å². The average Bonchev–Trinajstić information content (AvgIpc) is 3.62. The Morgan fingerprint density at radius 3 is 2.59 bits per heavy atom. The molecule has 5 rings (SSSR count). The number of hydrogen-bond acceptors (Lipinski definition) is 8. The number of para-hydroxylation sites is 1. The SMILES string of the molecule is N#Cc1nc(-c2ccco2)oc1N1CCN(C(=O)c2cccc(COc3ccccc3C(N)=O)c2)CC1. The highest BCUT2D eigenvalue weighted by molar-refractivity contribution is 5.95. The average molecular weight is 498 g/mol. The summed E-state index contributed by atoms with van der Waals surface area (Å²) in [5.41, 5.74) is 7.22. The summed E-state index contributed by atoms with van der Waals surface area (Å²) in [6.07, 6.45) is 1.51. The number of furan rings is 1. The molecule has 1 aliphatic rings. The molecule has 0 unspecified atom stereocenters. The van der Waals surface area contributed by atoms with Crippen LogP contribution in [0.2, 0.25) is 0 Å². The third-order valence-electron chi connectivity index (χ3n) is 6.02. The van der Waals surface area contributed by atoms with E-state index in [1.807, 2.05) is 11.0 Å². The van der Waals surface area contributed by atoms with Crippen molar-refractivity contribution in [2.45, 2.75) is 6.61 Å². The lowest BCUT2D eigenvalue weighted by atomic mass is 10.1. The summed E-state index contributed by atoms with van der Waals surface area (Å²) in [7, 11) is 0. The van der Waals surface area contributed by atoms with Crippen LogP contribution in [-0.2, 0) is 6.61 Å². The van der Waals surface area contributed by atoms with Gasteiger partial charge in [-0.1, -0.05) is 24.3 Å². The van der Waals surface area contributed by atoms with Gasteiger partial charge in [0.1, 0.15) is 18.4 Å². The number of nitriles is 1. The number of primary amides is 1. The molecule has 2 N–H and O–H groups in total. The van der Waals surface area contributed by atoms with Crippen LogP contribution in [0.1, 0.15) is 32.0 Å². The summed E-state index contributed by atoms with van der Waals surface area (Å²) in [6, 6.07) is 19.4. The Bertz CT molecular complexity index is 1460. The second kappa shape index (κ2) is 10.3. The monoisotopic (exact) mass is 497 g/mol. The number of aromatic nitrogens is 1. The number of oxazole rings is 1. The van der Waals surface area contributed by atoms with Crippen LogP contribution >= 0.6 is 0 Å². The number of piperazine rings is 1. The first-order chi connectivity index (χ1) is 18.0. The summed E-state index contributed by atoms with van der Waals surface area (Å²) < 4.78 is 16.9. The normalized spacial score (nSPS) is 13.3. The van der Waals surface area contributed by atoms with E-state index in [0.717, 1.165) is 5.56 Å². The third-order valence-corrected chi connectivity index (χ3v) is 6.02. The first kappa shape index (κ1) is 23.7. The van der Waals surface area contributed by atoms with Gasteiger partial charge in [-0.3, -0.25) is 9.59 Å². The highest BCUT2D eigenvalue weighted by atomic mass is 16.5. The van der Waals surface area contributed by atoms with Crippen LogP contribution < -0.4 is 15.4 Å². The van der Waals surface area contributed by atoms with E-state index in [-0.39, 0.29) is 24.1 Å². The van der Waals surface area contributed by atoms with E-state index in [1.165, 1.54) is 6.26 Å². The fourth-order valence-corrected chi connectivity index (χ4v) is 4.15. The first-order valence-electron chi connectivity index (χ1n) is 11.6. The van der Waals surface area contributed by atoms with Gasteiger partial charge in [0.25, 0.3) is 17.7 Å². The highest BCUT2D eigenvalue weighted by Crippen LogP contribution is 2.29. The molecule has 0 bridgehead atoms. The molecule has 0 spiro atoms. The Kier molecular flexibility index (Phi) is 6.59. The molecule has 37 heavy (non-hydrogen) atoms. The zero-order chi connectivity index (χ0) is 25.8. The maximum atomic E-state index is 13.2. The van der Waals surface area contributed by atoms with E-state index >= 15 is 0 Å². The molecule has 0 radical (unpaired) electrons. The van der Waals surface area contributed by atoms with Crippen LogP contribution in [-0.4, -0.2) is 47.9 Å². The number of carbonyl (C=O) groups is 2. The molecule has 10 nitrogen and oxygen atoms in total. The molecule has 0 aliphatic carbocycles. The molecule has 3 heterocycles. The van der Waals surface area contributed by atoms with Crippen molar-refractivity contribution in [3.63, 3.8) is 0 Å². The Labute approximate surface area is 212 Å². The number of nitrogens with zero attached hydrogens (tertiary/aromatic N) is 4. The predicted octanol–water partition coefficient (Wildman–Crippen LogP) is 3.45. The lowest BCUT2D eigenvalue weighted by Gasteiger charge is -2.34. The van der Waals surface area contributed by atoms with Crippen LogP contribution in [0.3, 0.4) is 0 Å². The summed E-state index contributed by atoms with van der Waals surface area (Å²) in [6.45, 7) is 2.06. The summed E-state index contributed by atoms with van der Waals surface area (Å²) in [4.78, 5) is 32.7. The van der Waals surface area contributed by atoms with Gasteiger partial charge in [0, 0.05) is 31.7 Å². The number of amides is 2. The topological polar surface area (TPSA) is 139 Å². The van der Waals surface area contributed by atoms with Crippen molar-refractivity contribution in [2.75, 3.05) is 31.1 Å². The quantitative estimate of drug-likeness (QED) is 0.410. The number of anilines is 1. The minimum Gasteiger partial charge on any atom is -0.488 e. The van der Waals surface area contributed by atoms with Gasteiger partial charge in [-0.15, -0.1) is 0 Å². The smallest absolute Gasteiger partial charge is 0.266 e. The molecule has 1 fully saturated rings. The Morgan fingerprint density at radius 2 is 1.86 bits per heavy atom. The van der Waals surface area contributed by atoms with Gasteiger partial charge in [0.15, 0.2) is 5.76 Å². The summed E-state index contributed by atoms with van der Waals surface area (Å²) >= 11 is 0. The number of rotatable bonds is 7. The molecule has 2 aromatic carbocycles. The number of ether oxygens (including phenoxy) is 1. The van der Waals surface area contributed by atoms with E-state index in [2.05, 4.69) is 11.1 Å². The fourth-order valence-electron chi connectivity index (χ4n) is 4.15. The molecule has 4 aromatic rings. The lowest BCUT2D eigenvalue weighted by molar-refractivity contribution is 0.0745. The molecule has 2 amide bonds. The molecule has 1 saturated heterocycles. The third kappa shape index (κ3) is 5.01. The van der Waals surface area contributed by atoms with Crippen molar-refractivity contribution in [2.24, 2.45) is 5.73 Å². The van der Waals surface area contributed by atoms with Crippen molar-refractivity contribution >= 4 is 17.7 Å². The maximum absolute atomic E-state index is 13.2. The summed E-state index contributed by atoms with van der Waals surface area (Å²) in [5, 5.41) is 9.51. The first-order valence-corrected chi connectivity index (χ1v) is 11.6. The molecule has 1 aliphatic heterocycles. The summed E-state index contributed by atoms with van der Waals surface area (Å²) in [5.74, 6) is 0.779. The van der Waals surface area contributed by atoms with Crippen molar-refractivity contribution < 1.29 is 23.2 Å². The van der Waals surface area contributed by atoms with Gasteiger partial charge in [0.05, 0.1) is 11.8 Å². The largest absolute Gasteiger partial charge is 0.488 e. The molecule has 186 valence electrons. The highest BCUT2D eigenvalue weighted by Gasteiger charge is 2.27. The number of benzene rings is 2. The molecule has 0 atom stereocenters. The lowest BCUT2D eigenvalue weighted by Crippen LogP contribution is -2.48. The standard InChI is InChI=1S/C27H23N5O5/c28-16-21-27(37-25(30-21)23-9-4-14-35-23)32-12-10-31(11-13-32)26(34)19-6-3-5-18(15-19)17-36-22-8-2-1-7-20(22)24(29)33/h1-9,14-15H,10-13,17H2,(H2,29,33). The van der Waals surface area contributed by atoms with Crippen molar-refractivity contribution in [3.05, 3.63) is 89.3 Å². The number of nitrogens with two attached hydrogens (primary N) is 1. The van der Waals surface area contributed by atoms with Crippen LogP contribution in [0.4, 0.5) is 5.88 Å². The zero-order valence-electron chi connectivity index (χ0n) is 19.8. The van der Waals surface area contributed by atoms with E-state index in [4.69, 9.17) is 19.3 Å². The second-order valence-electron chi connectivity index (χ2n) is 8.39. The van der Waals surface area contributed by atoms with Gasteiger partial charge >= 0.3 is 0 Å². The molecular weight excluding hydrogens is 474 g/mol. The maximum Gasteiger partial charge on any atom is 0.266 e. The van der Waals surface area contributed by atoms with E-state index in [0.29, 0.717) is 54.7 Å². The van der Waals surface area contributed by atoms with Crippen molar-refractivity contribution in [1.82, 2.24) is 9.88 Å². The molecule has 0 saturated carbocycles. The van der Waals surface area contributed by atoms with Gasteiger partial charge < -0.3 is 29.1 Å². The van der Waals surface area contributed by atoms with Gasteiger partial charge in [-0.2, -0.15) is 10.2 Å². The van der Waals surface area contributed by atoms with Crippen LogP contribution in [0.25, 0.3) is 11.7 Å². The van der Waals surface area contributed by atoms with E-state index in [1.54, 1.807) is 59.5 Å². The van der Waals surface area contributed by atoms with Crippen LogP contribution in [0.15, 0.2) is 75.8 Å². The van der Waals surface area contributed by atoms with Gasteiger partial charge in [-0.05, 0) is 42.0 Å². The number of hydrogen-bond donors (Lipinski definition) is 1. The minimum absolute atomic E-state index is 0.103. The van der Waals surface area contributed by atoms with Crippen molar-refractivity contribution in [1.29, 1.82) is 5.26 Å². The molecular formula is C27H23N5O5. The molecule has 2 aromatic heterocycles. The van der Waals surface area contributed by atoms with Crippen LogP contribution in [0.5, 0.6) is 5.75 Å². The minimum atomic E-state index is -0.567. The van der Waals surface area contributed by atoms with Crippen molar-refractivity contribution in [3.8, 4) is 23.5 Å². The Hall–Kier alpha value is -5.04. The number of carbonyl (C=O) groups excluding carboxylic acids is 2. The van der Waals surface area contributed by atoms with Gasteiger partial charge in [0.2, 0.25) is 11.6 Å². The predicted molar refractivity (Wildman–Crippen MR) is 133 cm³/mol. The second-order valence-corrected chi connectivity index (χ2v) is 8.39. The van der Waals surface area contributed by atoms with E-state index < -0.39 is 5.91 Å². The van der Waals surface area contributed by atoms with Crippen LogP contribution in [0, 0.1) is 11.3 Å².